The Morgan fingerprint density at radius 3 is 2.52 bits per heavy atom. The second kappa shape index (κ2) is 8.70. The van der Waals surface area contributed by atoms with Gasteiger partial charge in [-0.3, -0.25) is 9.59 Å². The number of aliphatic hydroxyl groups excluding tert-OH is 1. The van der Waals surface area contributed by atoms with Crippen molar-refractivity contribution in [1.29, 1.82) is 0 Å². The number of anilines is 1. The Labute approximate surface area is 134 Å². The van der Waals surface area contributed by atoms with Crippen molar-refractivity contribution in [3.05, 3.63) is 28.8 Å². The molecule has 1 rings (SSSR count). The molecular weight excluding hydrogens is 341 g/mol. The number of rotatable bonds is 6. The minimum Gasteiger partial charge on any atom is -0.394 e. The van der Waals surface area contributed by atoms with Crippen LogP contribution in [0.25, 0.3) is 0 Å². The third kappa shape index (κ3) is 6.43. The fourth-order valence-corrected chi connectivity index (χ4v) is 1.72. The van der Waals surface area contributed by atoms with Gasteiger partial charge in [0.15, 0.2) is 0 Å². The van der Waals surface area contributed by atoms with Crippen LogP contribution in [0.5, 0.6) is 0 Å². The van der Waals surface area contributed by atoms with Crippen LogP contribution >= 0.6 is 11.6 Å². The summed E-state index contributed by atoms with van der Waals surface area (Å²) in [6, 6.07) is 2.76. The van der Waals surface area contributed by atoms with Gasteiger partial charge in [-0.05, 0) is 18.2 Å². The molecule has 0 unspecified atom stereocenters. The fourth-order valence-electron chi connectivity index (χ4n) is 1.49. The van der Waals surface area contributed by atoms with Gasteiger partial charge in [0.25, 0.3) is 0 Å². The smallest absolute Gasteiger partial charge is 0.394 e. The Morgan fingerprint density at radius 2 is 1.91 bits per heavy atom. The van der Waals surface area contributed by atoms with E-state index in [-0.39, 0.29) is 32.1 Å². The Hall–Kier alpha value is -1.84. The highest BCUT2D eigenvalue weighted by Gasteiger charge is 2.33. The molecule has 0 fully saturated rings. The third-order valence-electron chi connectivity index (χ3n) is 2.50. The predicted octanol–water partition coefficient (Wildman–Crippen LogP) is 1.42. The first-order valence-electron chi connectivity index (χ1n) is 6.40. The molecule has 0 aromatic heterocycles. The fraction of sp³-hybridized carbons (Fsp3) is 0.385. The van der Waals surface area contributed by atoms with Crippen LogP contribution in [0.3, 0.4) is 0 Å². The Kier molecular flexibility index (Phi) is 7.27. The molecule has 2 amide bonds. The zero-order valence-corrected chi connectivity index (χ0v) is 12.5. The highest BCUT2D eigenvalue weighted by molar-refractivity contribution is 6.39. The average molecular weight is 355 g/mol. The van der Waals surface area contributed by atoms with Crippen molar-refractivity contribution < 1.29 is 32.6 Å². The lowest BCUT2D eigenvalue weighted by Gasteiger charge is -2.11. The van der Waals surface area contributed by atoms with Gasteiger partial charge in [0.1, 0.15) is 0 Å². The van der Waals surface area contributed by atoms with Crippen molar-refractivity contribution in [2.45, 2.75) is 6.18 Å². The number of halogens is 4. The molecular formula is C13H14ClF3N2O4. The lowest BCUT2D eigenvalue weighted by molar-refractivity contribution is -0.137. The number of nitrogens with one attached hydrogen (secondary N) is 2. The quantitative estimate of drug-likeness (QED) is 0.532. The van der Waals surface area contributed by atoms with Crippen molar-refractivity contribution in [1.82, 2.24) is 5.32 Å². The van der Waals surface area contributed by atoms with Crippen molar-refractivity contribution in [2.75, 3.05) is 31.7 Å². The van der Waals surface area contributed by atoms with E-state index >= 15 is 0 Å². The molecule has 0 bridgehead atoms. The molecule has 0 aliphatic carbocycles. The van der Waals surface area contributed by atoms with Gasteiger partial charge in [-0.15, -0.1) is 0 Å². The van der Waals surface area contributed by atoms with E-state index < -0.39 is 28.6 Å². The molecule has 3 N–H and O–H groups in total. The second-order valence-corrected chi connectivity index (χ2v) is 4.65. The molecule has 128 valence electrons. The summed E-state index contributed by atoms with van der Waals surface area (Å²) in [5.74, 6) is -2.15. The maximum atomic E-state index is 12.7. The minimum absolute atomic E-state index is 0.0146. The summed E-state index contributed by atoms with van der Waals surface area (Å²) in [5, 5.41) is 12.2. The molecule has 6 nitrogen and oxygen atoms in total. The first-order valence-corrected chi connectivity index (χ1v) is 6.78. The van der Waals surface area contributed by atoms with Gasteiger partial charge in [-0.1, -0.05) is 11.6 Å². The number of carbonyl (C=O) groups excluding carboxylic acids is 2. The molecule has 0 aliphatic heterocycles. The highest BCUT2D eigenvalue weighted by Crippen LogP contribution is 2.36. The predicted molar refractivity (Wildman–Crippen MR) is 76.0 cm³/mol. The zero-order chi connectivity index (χ0) is 17.5. The molecule has 0 radical (unpaired) electrons. The van der Waals surface area contributed by atoms with E-state index in [4.69, 9.17) is 21.4 Å². The Morgan fingerprint density at radius 1 is 1.22 bits per heavy atom. The summed E-state index contributed by atoms with van der Waals surface area (Å²) in [5.41, 5.74) is -1.33. The molecule has 0 heterocycles. The Balaban J connectivity index is 2.58. The molecule has 10 heteroatoms. The number of hydrogen-bond acceptors (Lipinski definition) is 4. The first kappa shape index (κ1) is 19.2. The normalized spacial score (nSPS) is 11.2. The summed E-state index contributed by atoms with van der Waals surface area (Å²) in [7, 11) is 0. The lowest BCUT2D eigenvalue weighted by Crippen LogP contribution is -2.37. The van der Waals surface area contributed by atoms with Crippen LogP contribution in [-0.2, 0) is 20.5 Å². The van der Waals surface area contributed by atoms with E-state index in [1.165, 1.54) is 0 Å². The summed E-state index contributed by atoms with van der Waals surface area (Å²) in [6.07, 6.45) is -4.68. The topological polar surface area (TPSA) is 87.7 Å². The van der Waals surface area contributed by atoms with Crippen LogP contribution in [0.15, 0.2) is 18.2 Å². The third-order valence-corrected chi connectivity index (χ3v) is 2.83. The van der Waals surface area contributed by atoms with Crippen LogP contribution in [-0.4, -0.2) is 43.3 Å². The number of ether oxygens (including phenoxy) is 1. The standard InChI is InChI=1S/C13H14ClF3N2O4/c14-10-2-1-8(7-9(10)13(15,16)17)19-12(22)11(21)18-3-5-23-6-4-20/h1-2,7,20H,3-6H2,(H,18,21)(H,19,22). The molecule has 1 aromatic carbocycles. The summed E-state index contributed by atoms with van der Waals surface area (Å²) < 4.78 is 42.9. The number of alkyl halides is 3. The van der Waals surface area contributed by atoms with E-state index in [0.29, 0.717) is 6.07 Å². The van der Waals surface area contributed by atoms with Gasteiger partial charge in [-0.2, -0.15) is 13.2 Å². The number of aliphatic hydroxyl groups is 1. The van der Waals surface area contributed by atoms with Gasteiger partial charge >= 0.3 is 18.0 Å². The molecule has 23 heavy (non-hydrogen) atoms. The van der Waals surface area contributed by atoms with Crippen LogP contribution in [0.1, 0.15) is 5.56 Å². The van der Waals surface area contributed by atoms with Crippen LogP contribution in [0.2, 0.25) is 5.02 Å². The Bertz CT molecular complexity index is 567. The van der Waals surface area contributed by atoms with Crippen LogP contribution in [0, 0.1) is 0 Å². The van der Waals surface area contributed by atoms with E-state index in [2.05, 4.69) is 5.32 Å². The summed E-state index contributed by atoms with van der Waals surface area (Å²) >= 11 is 5.45. The highest BCUT2D eigenvalue weighted by atomic mass is 35.5. The maximum Gasteiger partial charge on any atom is 0.417 e. The summed E-state index contributed by atoms with van der Waals surface area (Å²) in [6.45, 7) is 0.0129. The average Bonchev–Trinajstić information content (AvgIpc) is 2.47. The van der Waals surface area contributed by atoms with Gasteiger partial charge in [0.05, 0.1) is 30.4 Å². The van der Waals surface area contributed by atoms with Gasteiger partial charge < -0.3 is 20.5 Å². The van der Waals surface area contributed by atoms with Crippen molar-refractivity contribution in [3.8, 4) is 0 Å². The van der Waals surface area contributed by atoms with Gasteiger partial charge in [0.2, 0.25) is 0 Å². The minimum atomic E-state index is -4.68. The SMILES string of the molecule is O=C(NCCOCCO)C(=O)Nc1ccc(Cl)c(C(F)(F)F)c1. The van der Waals surface area contributed by atoms with Crippen molar-refractivity contribution in [2.24, 2.45) is 0 Å². The zero-order valence-electron chi connectivity index (χ0n) is 11.7. The molecule has 0 saturated carbocycles. The summed E-state index contributed by atoms with van der Waals surface area (Å²) in [4.78, 5) is 23.0. The van der Waals surface area contributed by atoms with Crippen molar-refractivity contribution >= 4 is 29.1 Å². The van der Waals surface area contributed by atoms with Gasteiger partial charge in [0, 0.05) is 12.2 Å². The number of carbonyl (C=O) groups is 2. The largest absolute Gasteiger partial charge is 0.417 e. The molecule has 0 atom stereocenters. The van der Waals surface area contributed by atoms with E-state index in [1.807, 2.05) is 5.32 Å². The molecule has 0 aliphatic rings. The monoisotopic (exact) mass is 354 g/mol. The second-order valence-electron chi connectivity index (χ2n) is 4.24. The van der Waals surface area contributed by atoms with Crippen LogP contribution < -0.4 is 10.6 Å². The lowest BCUT2D eigenvalue weighted by atomic mass is 10.2. The van der Waals surface area contributed by atoms with Crippen molar-refractivity contribution in [3.63, 3.8) is 0 Å². The number of amides is 2. The number of benzene rings is 1. The maximum absolute atomic E-state index is 12.7. The van der Waals surface area contributed by atoms with E-state index in [0.717, 1.165) is 12.1 Å². The first-order chi connectivity index (χ1) is 10.8. The molecule has 0 spiro atoms. The molecule has 1 aromatic rings. The molecule has 0 saturated heterocycles. The van der Waals surface area contributed by atoms with E-state index in [9.17, 15) is 22.8 Å². The van der Waals surface area contributed by atoms with Gasteiger partial charge in [-0.25, -0.2) is 0 Å². The van der Waals surface area contributed by atoms with E-state index in [1.54, 1.807) is 0 Å². The number of hydrogen-bond donors (Lipinski definition) is 3. The van der Waals surface area contributed by atoms with Crippen LogP contribution in [0.4, 0.5) is 18.9 Å².